The minimum absolute atomic E-state index is 0.0931. The molecule has 0 amide bonds. The number of hydrogen-bond acceptors (Lipinski definition) is 4. The minimum atomic E-state index is -1.25. The Morgan fingerprint density at radius 2 is 2.44 bits per heavy atom. The van der Waals surface area contributed by atoms with Crippen LogP contribution in [0, 0.1) is 0 Å². The quantitative estimate of drug-likeness (QED) is 0.749. The summed E-state index contributed by atoms with van der Waals surface area (Å²) in [5, 5.41) is 8.70. The number of carbonyl (C=O) groups is 1. The number of hydrogen-bond donors (Lipinski definition) is 2. The first kappa shape index (κ1) is 10.8. The van der Waals surface area contributed by atoms with E-state index >= 15 is 0 Å². The van der Waals surface area contributed by atoms with E-state index in [2.05, 4.69) is 14.9 Å². The van der Waals surface area contributed by atoms with Crippen molar-refractivity contribution in [3.63, 3.8) is 0 Å². The van der Waals surface area contributed by atoms with Crippen LogP contribution in [0.25, 0.3) is 0 Å². The number of aromatic carboxylic acids is 1. The van der Waals surface area contributed by atoms with Crippen molar-refractivity contribution < 1.29 is 9.90 Å². The van der Waals surface area contributed by atoms with E-state index in [1.165, 1.54) is 0 Å². The molecule has 1 aliphatic heterocycles. The Kier molecular flexibility index (Phi) is 2.74. The average molecular weight is 223 g/mol. The van der Waals surface area contributed by atoms with Crippen LogP contribution < -0.4 is 5.56 Å². The number of aromatic nitrogens is 2. The summed E-state index contributed by atoms with van der Waals surface area (Å²) in [6.45, 7) is 0.967. The smallest absolute Gasteiger partial charge is 0.342 e. The summed E-state index contributed by atoms with van der Waals surface area (Å²) in [5.74, 6) is -0.699. The molecule has 1 saturated heterocycles. The van der Waals surface area contributed by atoms with Crippen molar-refractivity contribution in [2.75, 3.05) is 13.6 Å². The van der Waals surface area contributed by atoms with E-state index in [4.69, 9.17) is 5.11 Å². The molecule has 0 radical (unpaired) electrons. The first-order chi connectivity index (χ1) is 7.59. The Bertz CT molecular complexity index is 469. The molecule has 0 saturated carbocycles. The van der Waals surface area contributed by atoms with Crippen LogP contribution in [0.2, 0.25) is 0 Å². The first-order valence-corrected chi connectivity index (χ1v) is 5.12. The second-order valence-corrected chi connectivity index (χ2v) is 3.96. The summed E-state index contributed by atoms with van der Waals surface area (Å²) in [5.41, 5.74) is -0.901. The van der Waals surface area contributed by atoms with Gasteiger partial charge in [-0.1, -0.05) is 0 Å². The van der Waals surface area contributed by atoms with E-state index in [1.54, 1.807) is 0 Å². The van der Waals surface area contributed by atoms with Gasteiger partial charge in [0.2, 0.25) is 0 Å². The zero-order valence-corrected chi connectivity index (χ0v) is 8.93. The van der Waals surface area contributed by atoms with Crippen LogP contribution in [0.15, 0.2) is 11.0 Å². The largest absolute Gasteiger partial charge is 0.477 e. The van der Waals surface area contributed by atoms with Crippen molar-refractivity contribution in [2.24, 2.45) is 0 Å². The zero-order valence-electron chi connectivity index (χ0n) is 8.93. The molecule has 0 bridgehead atoms. The van der Waals surface area contributed by atoms with Crippen LogP contribution in [0.3, 0.4) is 0 Å². The van der Waals surface area contributed by atoms with Gasteiger partial charge >= 0.3 is 5.97 Å². The molecule has 1 aliphatic rings. The lowest BCUT2D eigenvalue weighted by atomic mass is 10.2. The van der Waals surface area contributed by atoms with Crippen LogP contribution in [0.5, 0.6) is 0 Å². The van der Waals surface area contributed by atoms with Crippen molar-refractivity contribution in [2.45, 2.75) is 18.9 Å². The second kappa shape index (κ2) is 4.05. The van der Waals surface area contributed by atoms with Crippen LogP contribution in [-0.2, 0) is 0 Å². The molecule has 1 aromatic heterocycles. The molecule has 86 valence electrons. The summed E-state index contributed by atoms with van der Waals surface area (Å²) < 4.78 is 0. The van der Waals surface area contributed by atoms with Crippen molar-refractivity contribution in [1.82, 2.24) is 14.9 Å². The summed E-state index contributed by atoms with van der Waals surface area (Å²) >= 11 is 0. The fraction of sp³-hybridized carbons (Fsp3) is 0.500. The highest BCUT2D eigenvalue weighted by atomic mass is 16.4. The van der Waals surface area contributed by atoms with E-state index < -0.39 is 11.5 Å². The van der Waals surface area contributed by atoms with Gasteiger partial charge in [-0.3, -0.25) is 9.69 Å². The molecule has 0 aromatic carbocycles. The molecule has 1 aromatic rings. The third-order valence-corrected chi connectivity index (χ3v) is 2.89. The highest BCUT2D eigenvalue weighted by molar-refractivity contribution is 5.86. The molecule has 0 aliphatic carbocycles. The third-order valence-electron chi connectivity index (χ3n) is 2.89. The molecule has 1 fully saturated rings. The maximum absolute atomic E-state index is 11.4. The Morgan fingerprint density at radius 3 is 2.94 bits per heavy atom. The predicted octanol–water partition coefficient (Wildman–Crippen LogP) is 0.235. The molecule has 2 heterocycles. The number of aromatic amines is 1. The summed E-state index contributed by atoms with van der Waals surface area (Å²) in [7, 11) is 1.96. The number of rotatable bonds is 2. The van der Waals surface area contributed by atoms with E-state index in [0.29, 0.717) is 5.82 Å². The lowest BCUT2D eigenvalue weighted by Crippen LogP contribution is -2.25. The van der Waals surface area contributed by atoms with Gasteiger partial charge in [-0.15, -0.1) is 0 Å². The first-order valence-electron chi connectivity index (χ1n) is 5.12. The number of carboxylic acid groups (broad SMARTS) is 1. The fourth-order valence-corrected chi connectivity index (χ4v) is 1.99. The maximum Gasteiger partial charge on any atom is 0.342 e. The van der Waals surface area contributed by atoms with Gasteiger partial charge in [0.1, 0.15) is 11.4 Å². The number of nitrogens with one attached hydrogen (secondary N) is 1. The van der Waals surface area contributed by atoms with Crippen molar-refractivity contribution in [1.29, 1.82) is 0 Å². The van der Waals surface area contributed by atoms with Crippen molar-refractivity contribution in [3.8, 4) is 0 Å². The average Bonchev–Trinajstić information content (AvgIpc) is 2.63. The molecule has 6 heteroatoms. The topological polar surface area (TPSA) is 86.3 Å². The molecule has 1 unspecified atom stereocenters. The molecule has 6 nitrogen and oxygen atoms in total. The van der Waals surface area contributed by atoms with Gasteiger partial charge < -0.3 is 10.1 Å². The van der Waals surface area contributed by atoms with Crippen molar-refractivity contribution >= 4 is 5.97 Å². The molecular formula is C10H13N3O3. The van der Waals surface area contributed by atoms with Gasteiger partial charge in [0, 0.05) is 6.20 Å². The maximum atomic E-state index is 11.4. The summed E-state index contributed by atoms with van der Waals surface area (Å²) in [6.07, 6.45) is 3.13. The van der Waals surface area contributed by atoms with Crippen molar-refractivity contribution in [3.05, 3.63) is 27.9 Å². The number of likely N-dealkylation sites (tertiary alicyclic amines) is 1. The highest BCUT2D eigenvalue weighted by Gasteiger charge is 2.25. The molecular weight excluding hydrogens is 210 g/mol. The Labute approximate surface area is 91.9 Å². The van der Waals surface area contributed by atoms with Crippen LogP contribution in [0.1, 0.15) is 35.1 Å². The molecule has 1 atom stereocenters. The van der Waals surface area contributed by atoms with Gasteiger partial charge in [0.25, 0.3) is 5.56 Å². The van der Waals surface area contributed by atoms with Gasteiger partial charge in [-0.05, 0) is 26.4 Å². The predicted molar refractivity (Wildman–Crippen MR) is 56.4 cm³/mol. The molecule has 16 heavy (non-hydrogen) atoms. The normalized spacial score (nSPS) is 21.2. The van der Waals surface area contributed by atoms with Gasteiger partial charge in [0.05, 0.1) is 6.04 Å². The van der Waals surface area contributed by atoms with Gasteiger partial charge in [0.15, 0.2) is 0 Å². The summed E-state index contributed by atoms with van der Waals surface area (Å²) in [4.78, 5) is 30.7. The van der Waals surface area contributed by atoms with Crippen LogP contribution in [-0.4, -0.2) is 39.5 Å². The molecule has 2 rings (SSSR count). The lowest BCUT2D eigenvalue weighted by Gasteiger charge is -2.17. The Balaban J connectivity index is 2.34. The Hall–Kier alpha value is -1.69. The second-order valence-electron chi connectivity index (χ2n) is 3.96. The fourth-order valence-electron chi connectivity index (χ4n) is 1.99. The van der Waals surface area contributed by atoms with E-state index in [-0.39, 0.29) is 11.6 Å². The minimum Gasteiger partial charge on any atom is -0.477 e. The van der Waals surface area contributed by atoms with Gasteiger partial charge in [-0.2, -0.15) is 0 Å². The van der Waals surface area contributed by atoms with E-state index in [0.717, 1.165) is 25.6 Å². The van der Waals surface area contributed by atoms with Crippen LogP contribution in [0.4, 0.5) is 0 Å². The van der Waals surface area contributed by atoms with E-state index in [1.807, 2.05) is 7.05 Å². The van der Waals surface area contributed by atoms with E-state index in [9.17, 15) is 9.59 Å². The highest BCUT2D eigenvalue weighted by Crippen LogP contribution is 2.26. The SMILES string of the molecule is CN1CCCC1c1ncc(C(=O)O)c(=O)[nH]1. The number of H-pyrrole nitrogens is 1. The standard InChI is InChI=1S/C10H13N3O3/c1-13-4-2-3-7(13)8-11-5-6(10(15)16)9(14)12-8/h5,7H,2-4H2,1H3,(H,15,16)(H,11,12,14). The zero-order chi connectivity index (χ0) is 11.7. The molecule has 0 spiro atoms. The number of carboxylic acids is 1. The van der Waals surface area contributed by atoms with Crippen LogP contribution >= 0.6 is 0 Å². The summed E-state index contributed by atoms with van der Waals surface area (Å²) in [6, 6.07) is 0.0931. The monoisotopic (exact) mass is 223 g/mol. The van der Waals surface area contributed by atoms with Gasteiger partial charge in [-0.25, -0.2) is 9.78 Å². The molecule has 2 N–H and O–H groups in total. The lowest BCUT2D eigenvalue weighted by molar-refractivity contribution is 0.0694. The third kappa shape index (κ3) is 1.83. The Morgan fingerprint density at radius 1 is 1.69 bits per heavy atom. The number of nitrogens with zero attached hydrogens (tertiary/aromatic N) is 2.